The van der Waals surface area contributed by atoms with E-state index in [0.717, 1.165) is 53.8 Å². The molecule has 0 heterocycles. The highest BCUT2D eigenvalue weighted by Gasteiger charge is 2.31. The van der Waals surface area contributed by atoms with E-state index in [1.54, 1.807) is 18.4 Å². The summed E-state index contributed by atoms with van der Waals surface area (Å²) in [5.74, 6) is 8.62. The zero-order valence-electron chi connectivity index (χ0n) is 26.9. The van der Waals surface area contributed by atoms with Crippen LogP contribution in [-0.4, -0.2) is 24.3 Å². The number of thioether (sulfide) groups is 1. The molecule has 0 N–H and O–H groups in total. The Hall–Kier alpha value is -0.240. The van der Waals surface area contributed by atoms with Crippen LogP contribution in [0.15, 0.2) is 16.6 Å². The van der Waals surface area contributed by atoms with Crippen LogP contribution in [0.25, 0.3) is 0 Å². The van der Waals surface area contributed by atoms with Crippen LogP contribution in [-0.2, 0) is 0 Å². The first-order valence-electron chi connectivity index (χ1n) is 16.3. The maximum Gasteiger partial charge on any atom is 0.0439 e. The molecule has 218 valence electrons. The lowest BCUT2D eigenvalue weighted by molar-refractivity contribution is 0.192. The summed E-state index contributed by atoms with van der Waals surface area (Å²) >= 11 is 1.86. The molecule has 0 radical (unpaired) electrons. The quantitative estimate of drug-likeness (QED) is 0.123. The molecule has 0 aliphatic heterocycles. The minimum Gasteiger partial charge on any atom is -0.295 e. The lowest BCUT2D eigenvalue weighted by Gasteiger charge is -2.32. The van der Waals surface area contributed by atoms with Crippen LogP contribution in [0.1, 0.15) is 139 Å². The molecule has 2 rings (SSSR count). The van der Waals surface area contributed by atoms with Gasteiger partial charge < -0.3 is 0 Å². The van der Waals surface area contributed by atoms with E-state index >= 15 is 0 Å². The standard InChI is InChI=1S/C28H52.C7H15NS/c1-8-28(24(7)20(2)3)23(6)12-9-21(4)10-13-25-14-17-26(18-15-25)27-16-11-22(5)19-27;1-7(2)8-5-4-6-9-3/h12,20-22,24-28H,8-11,13-19H2,1-7H3;5,7H,4,6H2,1-3H3/b23-12-;. The third-order valence-corrected chi connectivity index (χ3v) is 10.4. The van der Waals surface area contributed by atoms with Gasteiger partial charge in [0, 0.05) is 6.04 Å². The van der Waals surface area contributed by atoms with E-state index < -0.39 is 0 Å². The fraction of sp³-hybridized carbons (Fsp3) is 0.914. The minimum atomic E-state index is 0.465. The molecule has 2 saturated carbocycles. The molecule has 2 aliphatic carbocycles. The van der Waals surface area contributed by atoms with Gasteiger partial charge in [-0.05, 0) is 131 Å². The van der Waals surface area contributed by atoms with Crippen molar-refractivity contribution >= 4 is 18.0 Å². The van der Waals surface area contributed by atoms with Gasteiger partial charge in [-0.2, -0.15) is 11.8 Å². The summed E-state index contributed by atoms with van der Waals surface area (Å²) < 4.78 is 0. The smallest absolute Gasteiger partial charge is 0.0439 e. The van der Waals surface area contributed by atoms with Gasteiger partial charge in [0.05, 0.1) is 0 Å². The first-order valence-corrected chi connectivity index (χ1v) is 17.6. The summed E-state index contributed by atoms with van der Waals surface area (Å²) in [6, 6.07) is 0.465. The molecular weight excluding hydrogens is 466 g/mol. The van der Waals surface area contributed by atoms with Gasteiger partial charge in [0.25, 0.3) is 0 Å². The number of hydrogen-bond acceptors (Lipinski definition) is 2. The summed E-state index contributed by atoms with van der Waals surface area (Å²) in [6.45, 7) is 21.1. The molecule has 0 aromatic carbocycles. The first kappa shape index (κ1) is 34.8. The van der Waals surface area contributed by atoms with Crippen molar-refractivity contribution in [3.05, 3.63) is 11.6 Å². The normalized spacial score (nSPS) is 27.4. The van der Waals surface area contributed by atoms with Crippen LogP contribution in [0.4, 0.5) is 0 Å². The molecule has 0 bridgehead atoms. The number of aliphatic imine (C=N–C) groups is 1. The van der Waals surface area contributed by atoms with E-state index in [2.05, 4.69) is 79.6 Å². The average Bonchev–Trinajstić information content (AvgIpc) is 3.31. The van der Waals surface area contributed by atoms with Crippen molar-refractivity contribution in [2.45, 2.75) is 145 Å². The molecule has 2 heteroatoms. The monoisotopic (exact) mass is 533 g/mol. The summed E-state index contributed by atoms with van der Waals surface area (Å²) in [5.41, 5.74) is 1.65. The van der Waals surface area contributed by atoms with Crippen molar-refractivity contribution < 1.29 is 0 Å². The van der Waals surface area contributed by atoms with Gasteiger partial charge in [-0.1, -0.05) is 85.3 Å². The molecule has 0 aromatic heterocycles. The highest BCUT2D eigenvalue weighted by molar-refractivity contribution is 7.98. The molecule has 0 saturated heterocycles. The van der Waals surface area contributed by atoms with Crippen LogP contribution >= 0.6 is 11.8 Å². The van der Waals surface area contributed by atoms with E-state index in [9.17, 15) is 0 Å². The summed E-state index contributed by atoms with van der Waals surface area (Å²) in [5, 5.41) is 0. The van der Waals surface area contributed by atoms with Gasteiger partial charge >= 0.3 is 0 Å². The van der Waals surface area contributed by atoms with Gasteiger partial charge in [-0.25, -0.2) is 0 Å². The van der Waals surface area contributed by atoms with Crippen molar-refractivity contribution in [2.24, 2.45) is 52.3 Å². The highest BCUT2D eigenvalue weighted by Crippen LogP contribution is 2.43. The average molecular weight is 534 g/mol. The van der Waals surface area contributed by atoms with Crippen LogP contribution in [0.2, 0.25) is 0 Å². The largest absolute Gasteiger partial charge is 0.295 e. The van der Waals surface area contributed by atoms with Crippen molar-refractivity contribution in [3.63, 3.8) is 0 Å². The van der Waals surface area contributed by atoms with Gasteiger partial charge in [0.2, 0.25) is 0 Å². The van der Waals surface area contributed by atoms with Gasteiger partial charge in [-0.3, -0.25) is 4.99 Å². The zero-order valence-corrected chi connectivity index (χ0v) is 27.7. The number of hydrogen-bond donors (Lipinski definition) is 0. The Kier molecular flexibility index (Phi) is 18.6. The highest BCUT2D eigenvalue weighted by atomic mass is 32.2. The molecule has 0 amide bonds. The lowest BCUT2D eigenvalue weighted by atomic mass is 9.73. The summed E-state index contributed by atoms with van der Waals surface area (Å²) in [6.07, 6.45) is 24.1. The van der Waals surface area contributed by atoms with Crippen molar-refractivity contribution in [2.75, 3.05) is 12.0 Å². The minimum absolute atomic E-state index is 0.465. The Labute approximate surface area is 238 Å². The molecular formula is C35H67NS. The Morgan fingerprint density at radius 3 is 2.11 bits per heavy atom. The second-order valence-corrected chi connectivity index (χ2v) is 14.6. The topological polar surface area (TPSA) is 12.4 Å². The Morgan fingerprint density at radius 1 is 0.946 bits per heavy atom. The summed E-state index contributed by atoms with van der Waals surface area (Å²) in [4.78, 5) is 4.22. The van der Waals surface area contributed by atoms with Crippen molar-refractivity contribution in [1.29, 1.82) is 0 Å². The third-order valence-electron chi connectivity index (χ3n) is 9.77. The first-order chi connectivity index (χ1) is 17.6. The van der Waals surface area contributed by atoms with Crippen LogP contribution in [0.3, 0.4) is 0 Å². The van der Waals surface area contributed by atoms with Crippen molar-refractivity contribution in [3.8, 4) is 0 Å². The van der Waals surface area contributed by atoms with Gasteiger partial charge in [-0.15, -0.1) is 0 Å². The molecule has 2 fully saturated rings. The van der Waals surface area contributed by atoms with E-state index in [4.69, 9.17) is 0 Å². The Bertz CT molecular complexity index is 613. The molecule has 0 spiro atoms. The van der Waals surface area contributed by atoms with Crippen LogP contribution < -0.4 is 0 Å². The molecule has 5 unspecified atom stereocenters. The Morgan fingerprint density at radius 2 is 1.59 bits per heavy atom. The second kappa shape index (κ2) is 19.8. The van der Waals surface area contributed by atoms with Gasteiger partial charge in [0.15, 0.2) is 0 Å². The van der Waals surface area contributed by atoms with E-state index in [0.29, 0.717) is 6.04 Å². The fourth-order valence-electron chi connectivity index (χ4n) is 6.83. The van der Waals surface area contributed by atoms with E-state index in [1.165, 1.54) is 63.5 Å². The van der Waals surface area contributed by atoms with E-state index in [-0.39, 0.29) is 0 Å². The predicted octanol–water partition coefficient (Wildman–Crippen LogP) is 11.5. The van der Waals surface area contributed by atoms with Crippen LogP contribution in [0.5, 0.6) is 0 Å². The molecule has 5 atom stereocenters. The zero-order chi connectivity index (χ0) is 27.8. The fourth-order valence-corrected chi connectivity index (χ4v) is 7.17. The predicted molar refractivity (Wildman–Crippen MR) is 173 cm³/mol. The van der Waals surface area contributed by atoms with E-state index in [1.807, 2.05) is 18.0 Å². The number of allylic oxidation sites excluding steroid dienone is 2. The third kappa shape index (κ3) is 14.6. The maximum atomic E-state index is 4.22. The molecule has 0 aromatic rings. The SMILES string of the molecule is CCC(/C(C)=C\CC(C)CCC1CCC(C2CCC(C)C2)CC1)C(C)C(C)C.CSCCC=NC(C)C. The van der Waals surface area contributed by atoms with Crippen molar-refractivity contribution in [1.82, 2.24) is 0 Å². The number of rotatable bonds is 14. The second-order valence-electron chi connectivity index (χ2n) is 13.7. The molecule has 2 aliphatic rings. The molecule has 37 heavy (non-hydrogen) atoms. The summed E-state index contributed by atoms with van der Waals surface area (Å²) in [7, 11) is 0. The number of nitrogens with zero attached hydrogens (tertiary/aromatic N) is 1. The molecule has 1 nitrogen and oxygen atoms in total. The lowest BCUT2D eigenvalue weighted by Crippen LogP contribution is -2.20. The van der Waals surface area contributed by atoms with Crippen LogP contribution in [0, 0.1) is 47.3 Å². The Balaban J connectivity index is 0.000000649. The maximum absolute atomic E-state index is 4.22. The van der Waals surface area contributed by atoms with Gasteiger partial charge in [0.1, 0.15) is 0 Å².